The molecule has 120 valence electrons. The molecule has 1 aromatic rings. The van der Waals surface area contributed by atoms with Crippen molar-refractivity contribution in [3.63, 3.8) is 0 Å². The highest BCUT2D eigenvalue weighted by Gasteiger charge is 2.37. The maximum absolute atomic E-state index is 4.95. The first-order valence-electron chi connectivity index (χ1n) is 8.24. The van der Waals surface area contributed by atoms with Crippen molar-refractivity contribution in [3.8, 4) is 0 Å². The van der Waals surface area contributed by atoms with E-state index >= 15 is 0 Å². The zero-order valence-corrected chi connectivity index (χ0v) is 14.2. The van der Waals surface area contributed by atoms with Gasteiger partial charge in [0, 0.05) is 43.9 Å². The molecule has 3 aliphatic rings. The predicted molar refractivity (Wildman–Crippen MR) is 89.1 cm³/mol. The average Bonchev–Trinajstić information content (AvgIpc) is 2.95. The van der Waals surface area contributed by atoms with Crippen LogP contribution in [0, 0.1) is 5.92 Å². The van der Waals surface area contributed by atoms with E-state index < -0.39 is 0 Å². The summed E-state index contributed by atoms with van der Waals surface area (Å²) in [4.78, 5) is 14.6. The summed E-state index contributed by atoms with van der Waals surface area (Å²) in [5, 5.41) is 5.39. The summed E-state index contributed by atoms with van der Waals surface area (Å²) in [6, 6.07) is 0.524. The van der Waals surface area contributed by atoms with Gasteiger partial charge in [0.25, 0.3) is 0 Å². The molecule has 22 heavy (non-hydrogen) atoms. The van der Waals surface area contributed by atoms with E-state index in [4.69, 9.17) is 4.99 Å². The molecule has 0 aromatic carbocycles. The van der Waals surface area contributed by atoms with Crippen LogP contribution in [0.4, 0.5) is 5.95 Å². The van der Waals surface area contributed by atoms with Crippen LogP contribution in [0.3, 0.4) is 0 Å². The van der Waals surface area contributed by atoms with Crippen LogP contribution in [0.25, 0.3) is 0 Å². The molecule has 1 aliphatic carbocycles. The van der Waals surface area contributed by atoms with Crippen LogP contribution in [-0.2, 0) is 6.54 Å². The van der Waals surface area contributed by atoms with Crippen LogP contribution in [0.1, 0.15) is 19.3 Å². The van der Waals surface area contributed by atoms with Gasteiger partial charge in [-0.1, -0.05) is 18.2 Å². The molecule has 2 unspecified atom stereocenters. The highest BCUT2D eigenvalue weighted by atomic mass is 32.2. The molecule has 0 N–H and O–H groups in total. The summed E-state index contributed by atoms with van der Waals surface area (Å²) in [6.07, 6.45) is 5.83. The van der Waals surface area contributed by atoms with E-state index in [1.807, 2.05) is 10.9 Å². The van der Waals surface area contributed by atoms with Crippen molar-refractivity contribution in [3.05, 3.63) is 0 Å². The van der Waals surface area contributed by atoms with Crippen molar-refractivity contribution >= 4 is 23.4 Å². The number of aromatic nitrogens is 3. The van der Waals surface area contributed by atoms with Crippen LogP contribution in [0.5, 0.6) is 0 Å². The van der Waals surface area contributed by atoms with Gasteiger partial charge in [0.1, 0.15) is 0 Å². The molecule has 4 rings (SSSR count). The smallest absolute Gasteiger partial charge is 0.248 e. The third kappa shape index (κ3) is 2.59. The van der Waals surface area contributed by atoms with Gasteiger partial charge in [-0.25, -0.2) is 9.67 Å². The lowest BCUT2D eigenvalue weighted by Gasteiger charge is -2.43. The van der Waals surface area contributed by atoms with E-state index in [0.29, 0.717) is 12.0 Å². The van der Waals surface area contributed by atoms with Gasteiger partial charge in [-0.3, -0.25) is 4.90 Å². The van der Waals surface area contributed by atoms with Gasteiger partial charge in [-0.15, -0.1) is 5.10 Å². The fourth-order valence-electron chi connectivity index (χ4n) is 3.91. The molecule has 2 fully saturated rings. The fraction of sp³-hybridized carbons (Fsp3) is 0.800. The number of hydrogen-bond donors (Lipinski definition) is 0. The molecule has 7 heteroatoms. The summed E-state index contributed by atoms with van der Waals surface area (Å²) < 4.78 is 2.01. The number of fused-ring (bicyclic) bond motifs is 2. The number of hydrogen-bond acceptors (Lipinski definition) is 6. The molecule has 0 amide bonds. The summed E-state index contributed by atoms with van der Waals surface area (Å²) in [7, 11) is 2.21. The lowest BCUT2D eigenvalue weighted by atomic mass is 9.82. The Morgan fingerprint density at radius 2 is 1.95 bits per heavy atom. The second-order valence-electron chi connectivity index (χ2n) is 6.60. The molecular weight excluding hydrogens is 296 g/mol. The Bertz CT molecular complexity index is 575. The van der Waals surface area contributed by atoms with Crippen molar-refractivity contribution in [2.24, 2.45) is 10.9 Å². The molecule has 0 spiro atoms. The third-order valence-electron chi connectivity index (χ3n) is 5.21. The van der Waals surface area contributed by atoms with Crippen LogP contribution in [0.15, 0.2) is 10.1 Å². The van der Waals surface area contributed by atoms with Gasteiger partial charge in [0.2, 0.25) is 11.1 Å². The highest BCUT2D eigenvalue weighted by Crippen LogP contribution is 2.33. The molecule has 2 aliphatic heterocycles. The third-order valence-corrected chi connectivity index (χ3v) is 5.74. The van der Waals surface area contributed by atoms with E-state index in [1.165, 1.54) is 38.1 Å². The Kier molecular flexibility index (Phi) is 3.96. The SMILES string of the molecule is CSc1nc2n(n1)CC1CCCC(N3CCN(C)CC3)C1=N2. The van der Waals surface area contributed by atoms with Crippen LogP contribution < -0.4 is 0 Å². The number of likely N-dealkylation sites (N-methyl/N-ethyl adjacent to an activating group) is 1. The Hall–Kier alpha value is -0.920. The maximum atomic E-state index is 4.95. The van der Waals surface area contributed by atoms with Gasteiger partial charge in [0.05, 0.1) is 6.54 Å². The topological polar surface area (TPSA) is 49.6 Å². The van der Waals surface area contributed by atoms with E-state index in [9.17, 15) is 0 Å². The Morgan fingerprint density at radius 1 is 1.14 bits per heavy atom. The second-order valence-corrected chi connectivity index (χ2v) is 7.37. The van der Waals surface area contributed by atoms with Crippen molar-refractivity contribution in [2.45, 2.75) is 37.0 Å². The summed E-state index contributed by atoms with van der Waals surface area (Å²) in [5.41, 5.74) is 1.38. The minimum atomic E-state index is 0.524. The molecule has 3 heterocycles. The Morgan fingerprint density at radius 3 is 2.73 bits per heavy atom. The molecule has 1 saturated heterocycles. The Balaban J connectivity index is 1.61. The molecule has 0 radical (unpaired) electrons. The fourth-order valence-corrected chi connectivity index (χ4v) is 4.26. The maximum Gasteiger partial charge on any atom is 0.248 e. The van der Waals surface area contributed by atoms with Crippen molar-refractivity contribution < 1.29 is 0 Å². The molecular formula is C15H24N6S. The van der Waals surface area contributed by atoms with E-state index in [1.54, 1.807) is 11.8 Å². The Labute approximate surface area is 136 Å². The lowest BCUT2D eigenvalue weighted by molar-refractivity contribution is 0.123. The van der Waals surface area contributed by atoms with Gasteiger partial charge in [-0.2, -0.15) is 4.98 Å². The summed E-state index contributed by atoms with van der Waals surface area (Å²) in [6.45, 7) is 5.62. The minimum absolute atomic E-state index is 0.524. The number of aliphatic imine (C=N–C) groups is 1. The van der Waals surface area contributed by atoms with Gasteiger partial charge < -0.3 is 4.90 Å². The standard InChI is InChI=1S/C15H24N6S/c1-19-6-8-20(9-7-19)12-5-3-4-11-10-21-14(16-13(11)12)17-15(18-21)22-2/h11-12H,3-10H2,1-2H3. The van der Waals surface area contributed by atoms with Crippen molar-refractivity contribution in [1.29, 1.82) is 0 Å². The van der Waals surface area contributed by atoms with Crippen molar-refractivity contribution in [1.82, 2.24) is 24.6 Å². The van der Waals surface area contributed by atoms with E-state index in [0.717, 1.165) is 30.7 Å². The summed E-state index contributed by atoms with van der Waals surface area (Å²) in [5.74, 6) is 1.37. The van der Waals surface area contributed by atoms with Crippen LogP contribution >= 0.6 is 11.8 Å². The second kappa shape index (κ2) is 5.94. The zero-order valence-electron chi connectivity index (χ0n) is 13.4. The predicted octanol–water partition coefficient (Wildman–Crippen LogP) is 1.50. The van der Waals surface area contributed by atoms with E-state index in [-0.39, 0.29) is 0 Å². The van der Waals surface area contributed by atoms with Gasteiger partial charge in [-0.05, 0) is 26.1 Å². The highest BCUT2D eigenvalue weighted by molar-refractivity contribution is 7.98. The largest absolute Gasteiger partial charge is 0.304 e. The quantitative estimate of drug-likeness (QED) is 0.773. The first-order valence-corrected chi connectivity index (χ1v) is 9.47. The monoisotopic (exact) mass is 320 g/mol. The van der Waals surface area contributed by atoms with Gasteiger partial charge in [0.15, 0.2) is 0 Å². The molecule has 6 nitrogen and oxygen atoms in total. The molecule has 2 atom stereocenters. The van der Waals surface area contributed by atoms with Gasteiger partial charge >= 0.3 is 0 Å². The van der Waals surface area contributed by atoms with Crippen LogP contribution in [0.2, 0.25) is 0 Å². The number of nitrogens with zero attached hydrogens (tertiary/aromatic N) is 6. The normalized spacial score (nSPS) is 29.8. The zero-order chi connectivity index (χ0) is 15.1. The summed E-state index contributed by atoms with van der Waals surface area (Å²) >= 11 is 1.60. The van der Waals surface area contributed by atoms with Crippen LogP contribution in [-0.4, -0.2) is 75.8 Å². The molecule has 0 bridgehead atoms. The lowest BCUT2D eigenvalue weighted by Crippen LogP contribution is -2.54. The first kappa shape index (κ1) is 14.7. The van der Waals surface area contributed by atoms with Crippen molar-refractivity contribution in [2.75, 3.05) is 39.5 Å². The van der Waals surface area contributed by atoms with E-state index in [2.05, 4.69) is 26.9 Å². The number of rotatable bonds is 2. The molecule has 1 saturated carbocycles. The first-order chi connectivity index (χ1) is 10.7. The average molecular weight is 320 g/mol. The number of piperazine rings is 1. The molecule has 1 aromatic heterocycles. The number of thioether (sulfide) groups is 1. The minimum Gasteiger partial charge on any atom is -0.304 e.